The summed E-state index contributed by atoms with van der Waals surface area (Å²) in [6, 6.07) is 12.3. The van der Waals surface area contributed by atoms with Gasteiger partial charge in [0.2, 0.25) is 0 Å². The number of carbonyl (C=O) groups is 1. The Kier molecular flexibility index (Phi) is 4.30. The maximum absolute atomic E-state index is 10.9. The van der Waals surface area contributed by atoms with Crippen LogP contribution in [-0.2, 0) is 0 Å². The van der Waals surface area contributed by atoms with Gasteiger partial charge in [-0.05, 0) is 29.7 Å². The molecule has 0 aliphatic rings. The Bertz CT molecular complexity index is 635. The van der Waals surface area contributed by atoms with Crippen LogP contribution in [0.5, 0.6) is 11.5 Å². The first-order chi connectivity index (χ1) is 9.49. The van der Waals surface area contributed by atoms with Crippen molar-refractivity contribution in [3.8, 4) is 11.5 Å². The first-order valence-electron chi connectivity index (χ1n) is 6.28. The third kappa shape index (κ3) is 3.11. The molecule has 0 aliphatic heterocycles. The van der Waals surface area contributed by atoms with E-state index in [1.807, 2.05) is 24.3 Å². The average molecular weight is 291 g/mol. The zero-order chi connectivity index (χ0) is 14.7. The van der Waals surface area contributed by atoms with E-state index in [1.54, 1.807) is 6.07 Å². The summed E-state index contributed by atoms with van der Waals surface area (Å²) >= 11 is 5.93. The molecule has 0 aromatic heterocycles. The summed E-state index contributed by atoms with van der Waals surface area (Å²) in [5.74, 6) is 0.554. The number of para-hydroxylation sites is 1. The lowest BCUT2D eigenvalue weighted by Gasteiger charge is -2.14. The van der Waals surface area contributed by atoms with Crippen molar-refractivity contribution in [2.24, 2.45) is 0 Å². The fourth-order valence-electron chi connectivity index (χ4n) is 1.91. The molecule has 0 radical (unpaired) electrons. The van der Waals surface area contributed by atoms with Crippen molar-refractivity contribution >= 4 is 17.6 Å². The van der Waals surface area contributed by atoms with Crippen LogP contribution in [0.1, 0.15) is 35.7 Å². The molecule has 4 heteroatoms. The van der Waals surface area contributed by atoms with Gasteiger partial charge in [0.05, 0.1) is 10.6 Å². The van der Waals surface area contributed by atoms with Crippen LogP contribution in [-0.4, -0.2) is 11.1 Å². The quantitative estimate of drug-likeness (QED) is 0.866. The number of ether oxygens (including phenoxy) is 1. The van der Waals surface area contributed by atoms with Gasteiger partial charge in [-0.2, -0.15) is 0 Å². The number of rotatable bonds is 4. The highest BCUT2D eigenvalue weighted by molar-refractivity contribution is 6.33. The van der Waals surface area contributed by atoms with E-state index in [2.05, 4.69) is 13.8 Å². The molecule has 1 N–H and O–H groups in total. The molecule has 20 heavy (non-hydrogen) atoms. The maximum Gasteiger partial charge on any atom is 0.337 e. The van der Waals surface area contributed by atoms with Gasteiger partial charge in [0.15, 0.2) is 0 Å². The molecule has 0 atom stereocenters. The highest BCUT2D eigenvalue weighted by Crippen LogP contribution is 2.32. The van der Waals surface area contributed by atoms with Crippen molar-refractivity contribution < 1.29 is 14.6 Å². The predicted molar refractivity (Wildman–Crippen MR) is 79.0 cm³/mol. The second-order valence-electron chi connectivity index (χ2n) is 4.74. The molecule has 0 heterocycles. The van der Waals surface area contributed by atoms with E-state index < -0.39 is 5.97 Å². The summed E-state index contributed by atoms with van der Waals surface area (Å²) < 4.78 is 5.81. The van der Waals surface area contributed by atoms with Crippen LogP contribution >= 0.6 is 11.6 Å². The number of hydrogen-bond acceptors (Lipinski definition) is 2. The second-order valence-corrected chi connectivity index (χ2v) is 5.15. The number of benzene rings is 2. The first kappa shape index (κ1) is 14.4. The van der Waals surface area contributed by atoms with E-state index >= 15 is 0 Å². The Labute approximate surface area is 122 Å². The maximum atomic E-state index is 10.9. The molecular formula is C16H15ClO3. The van der Waals surface area contributed by atoms with Crippen LogP contribution in [0.25, 0.3) is 0 Å². The van der Waals surface area contributed by atoms with Crippen molar-refractivity contribution in [1.82, 2.24) is 0 Å². The lowest BCUT2D eigenvalue weighted by atomic mass is 10.0. The van der Waals surface area contributed by atoms with E-state index in [-0.39, 0.29) is 10.6 Å². The van der Waals surface area contributed by atoms with Crippen molar-refractivity contribution in [3.63, 3.8) is 0 Å². The van der Waals surface area contributed by atoms with E-state index in [1.165, 1.54) is 12.1 Å². The highest BCUT2D eigenvalue weighted by atomic mass is 35.5. The normalized spacial score (nSPS) is 10.6. The van der Waals surface area contributed by atoms with Crippen LogP contribution in [0, 0.1) is 0 Å². The average Bonchev–Trinajstić information content (AvgIpc) is 2.38. The molecule has 0 saturated heterocycles. The van der Waals surface area contributed by atoms with Crippen LogP contribution in [0.2, 0.25) is 5.02 Å². The lowest BCUT2D eigenvalue weighted by molar-refractivity contribution is 0.0697. The summed E-state index contributed by atoms with van der Waals surface area (Å²) in [6.45, 7) is 4.17. The number of aromatic carboxylic acids is 1. The Hall–Kier alpha value is -2.00. The summed E-state index contributed by atoms with van der Waals surface area (Å²) in [5, 5.41) is 9.10. The van der Waals surface area contributed by atoms with E-state index in [4.69, 9.17) is 21.4 Å². The van der Waals surface area contributed by atoms with E-state index in [0.29, 0.717) is 11.7 Å². The van der Waals surface area contributed by atoms with Gasteiger partial charge in [-0.15, -0.1) is 0 Å². The molecule has 0 bridgehead atoms. The molecule has 2 aromatic carbocycles. The van der Waals surface area contributed by atoms with Crippen LogP contribution in [0.4, 0.5) is 0 Å². The zero-order valence-corrected chi connectivity index (χ0v) is 12.0. The molecule has 0 amide bonds. The molecule has 0 saturated carbocycles. The minimum absolute atomic E-state index is 0.0659. The Morgan fingerprint density at radius 2 is 1.90 bits per heavy atom. The van der Waals surface area contributed by atoms with Crippen LogP contribution in [0.15, 0.2) is 42.5 Å². The van der Waals surface area contributed by atoms with Crippen molar-refractivity contribution in [1.29, 1.82) is 0 Å². The van der Waals surface area contributed by atoms with Gasteiger partial charge >= 0.3 is 5.97 Å². The Morgan fingerprint density at radius 3 is 2.50 bits per heavy atom. The monoisotopic (exact) mass is 290 g/mol. The highest BCUT2D eigenvalue weighted by Gasteiger charge is 2.11. The molecule has 0 unspecified atom stereocenters. The predicted octanol–water partition coefficient (Wildman–Crippen LogP) is 4.95. The van der Waals surface area contributed by atoms with E-state index in [9.17, 15) is 4.79 Å². The Morgan fingerprint density at radius 1 is 1.20 bits per heavy atom. The first-order valence-corrected chi connectivity index (χ1v) is 6.66. The van der Waals surface area contributed by atoms with Gasteiger partial charge < -0.3 is 9.84 Å². The molecule has 0 spiro atoms. The smallest absolute Gasteiger partial charge is 0.337 e. The molecular weight excluding hydrogens is 276 g/mol. The van der Waals surface area contributed by atoms with Gasteiger partial charge in [-0.25, -0.2) is 4.79 Å². The number of carboxylic acid groups (broad SMARTS) is 1. The summed E-state index contributed by atoms with van der Waals surface area (Å²) in [7, 11) is 0. The Balaban J connectivity index is 2.31. The standard InChI is InChI=1S/C16H15ClO3/c1-10(2)12-5-3-4-6-15(12)20-11-7-8-13(16(18)19)14(17)9-11/h3-10H,1-2H3,(H,18,19). The number of hydrogen-bond donors (Lipinski definition) is 1. The van der Waals surface area contributed by atoms with Gasteiger partial charge in [0.1, 0.15) is 11.5 Å². The molecule has 0 aliphatic carbocycles. The SMILES string of the molecule is CC(C)c1ccccc1Oc1ccc(C(=O)O)c(Cl)c1. The molecule has 104 valence electrons. The van der Waals surface area contributed by atoms with Gasteiger partial charge in [0.25, 0.3) is 0 Å². The van der Waals surface area contributed by atoms with Crippen LogP contribution in [0.3, 0.4) is 0 Å². The summed E-state index contributed by atoms with van der Waals surface area (Å²) in [6.07, 6.45) is 0. The third-order valence-electron chi connectivity index (χ3n) is 2.94. The second kappa shape index (κ2) is 5.97. The summed E-state index contributed by atoms with van der Waals surface area (Å²) in [4.78, 5) is 10.9. The van der Waals surface area contributed by atoms with Crippen molar-refractivity contribution in [2.75, 3.05) is 0 Å². The van der Waals surface area contributed by atoms with Crippen molar-refractivity contribution in [2.45, 2.75) is 19.8 Å². The summed E-state index contributed by atoms with van der Waals surface area (Å²) in [5.41, 5.74) is 1.15. The van der Waals surface area contributed by atoms with Crippen LogP contribution < -0.4 is 4.74 Å². The number of halogens is 1. The van der Waals surface area contributed by atoms with E-state index in [0.717, 1.165) is 11.3 Å². The zero-order valence-electron chi connectivity index (χ0n) is 11.3. The topological polar surface area (TPSA) is 46.5 Å². The minimum Gasteiger partial charge on any atom is -0.478 e. The fraction of sp³-hybridized carbons (Fsp3) is 0.188. The van der Waals surface area contributed by atoms with Gasteiger partial charge in [-0.1, -0.05) is 43.6 Å². The lowest BCUT2D eigenvalue weighted by Crippen LogP contribution is -1.98. The largest absolute Gasteiger partial charge is 0.478 e. The van der Waals surface area contributed by atoms with Gasteiger partial charge in [0, 0.05) is 6.07 Å². The molecule has 0 fully saturated rings. The van der Waals surface area contributed by atoms with Crippen molar-refractivity contribution in [3.05, 3.63) is 58.6 Å². The molecule has 3 nitrogen and oxygen atoms in total. The van der Waals surface area contributed by atoms with Gasteiger partial charge in [-0.3, -0.25) is 0 Å². The number of carboxylic acids is 1. The molecule has 2 aromatic rings. The fourth-order valence-corrected chi connectivity index (χ4v) is 2.16. The third-order valence-corrected chi connectivity index (χ3v) is 3.25. The molecule has 2 rings (SSSR count). The minimum atomic E-state index is -1.05.